The van der Waals surface area contributed by atoms with Gasteiger partial charge in [0.2, 0.25) is 0 Å². The van der Waals surface area contributed by atoms with Crippen molar-refractivity contribution in [2.75, 3.05) is 0 Å². The van der Waals surface area contributed by atoms with Gasteiger partial charge in [0.15, 0.2) is 0 Å². The van der Waals surface area contributed by atoms with E-state index >= 15 is 0 Å². The molecule has 7 fully saturated rings. The summed E-state index contributed by atoms with van der Waals surface area (Å²) in [7, 11) is 0. The fraction of sp³-hybridized carbons (Fsp3) is 0.615. The van der Waals surface area contributed by atoms with Gasteiger partial charge in [-0.2, -0.15) is 0 Å². The Kier molecular flexibility index (Phi) is 7.60. The van der Waals surface area contributed by atoms with Crippen LogP contribution in [0.15, 0.2) is 109 Å². The number of rotatable bonds is 3. The van der Waals surface area contributed by atoms with E-state index in [0.29, 0.717) is 0 Å². The molecule has 0 spiro atoms. The van der Waals surface area contributed by atoms with Gasteiger partial charge in [-0.05, 0) is 201 Å². The van der Waals surface area contributed by atoms with Crippen LogP contribution in [0.5, 0.6) is 0 Å². The Labute approximate surface area is 314 Å². The SMILES string of the molecule is C1=CCCC(C2CCC3C4C(CC5CCC=CC5C24)C2C(c4ccccc4)C4C(CC5C6CCC=CC6C6CCCC4C65)C(c4ccccc4)C32)=C1. The molecule has 52 heavy (non-hydrogen) atoms. The Morgan fingerprint density at radius 2 is 1.17 bits per heavy atom. The zero-order valence-corrected chi connectivity index (χ0v) is 31.5. The predicted octanol–water partition coefficient (Wildman–Crippen LogP) is 12.8. The third-order valence-electron chi connectivity index (χ3n) is 19.0. The minimum atomic E-state index is 0.748. The molecule has 270 valence electrons. The molecule has 0 saturated heterocycles. The van der Waals surface area contributed by atoms with Gasteiger partial charge in [-0.15, -0.1) is 0 Å². The maximum atomic E-state index is 2.80. The third-order valence-corrected chi connectivity index (χ3v) is 19.0. The highest BCUT2D eigenvalue weighted by Gasteiger charge is 2.70. The summed E-state index contributed by atoms with van der Waals surface area (Å²) >= 11 is 0. The normalized spacial score (nSPS) is 50.5. The topological polar surface area (TPSA) is 0 Å². The zero-order valence-electron chi connectivity index (χ0n) is 31.5. The molecule has 2 aromatic rings. The van der Waals surface area contributed by atoms with E-state index in [0.717, 1.165) is 112 Å². The zero-order chi connectivity index (χ0) is 33.9. The lowest BCUT2D eigenvalue weighted by molar-refractivity contribution is -0.0864. The molecule has 10 aliphatic rings. The van der Waals surface area contributed by atoms with Crippen LogP contribution < -0.4 is 0 Å². The molecule has 0 heteroatoms. The van der Waals surface area contributed by atoms with Gasteiger partial charge in [-0.3, -0.25) is 0 Å². The van der Waals surface area contributed by atoms with E-state index in [1.807, 2.05) is 5.57 Å². The average Bonchev–Trinajstić information content (AvgIpc) is 3.72. The lowest BCUT2D eigenvalue weighted by Crippen LogP contribution is -2.54. The minimum absolute atomic E-state index is 0.748. The van der Waals surface area contributed by atoms with Gasteiger partial charge < -0.3 is 0 Å². The molecule has 0 heterocycles. The highest BCUT2D eigenvalue weighted by molar-refractivity contribution is 5.35. The van der Waals surface area contributed by atoms with Gasteiger partial charge in [-0.25, -0.2) is 0 Å². The van der Waals surface area contributed by atoms with Crippen molar-refractivity contribution in [3.63, 3.8) is 0 Å². The Balaban J connectivity index is 1.05. The van der Waals surface area contributed by atoms with Crippen molar-refractivity contribution in [1.82, 2.24) is 0 Å². The summed E-state index contributed by atoms with van der Waals surface area (Å²) in [6.45, 7) is 0. The summed E-state index contributed by atoms with van der Waals surface area (Å²) < 4.78 is 0. The molecule has 0 nitrogen and oxygen atoms in total. The van der Waals surface area contributed by atoms with E-state index in [9.17, 15) is 0 Å². The maximum Gasteiger partial charge on any atom is -0.00939 e. The first kappa shape index (κ1) is 31.7. The van der Waals surface area contributed by atoms with Gasteiger partial charge in [0.1, 0.15) is 0 Å². The van der Waals surface area contributed by atoms with Crippen molar-refractivity contribution in [3.8, 4) is 0 Å². The van der Waals surface area contributed by atoms with Crippen LogP contribution in [0.25, 0.3) is 0 Å². The van der Waals surface area contributed by atoms with Crippen LogP contribution >= 0.6 is 0 Å². The van der Waals surface area contributed by atoms with E-state index in [-0.39, 0.29) is 0 Å². The number of allylic oxidation sites excluding steroid dienone is 8. The molecule has 0 radical (unpaired) electrons. The second kappa shape index (κ2) is 12.5. The van der Waals surface area contributed by atoms with Crippen molar-refractivity contribution in [2.24, 2.45) is 101 Å². The quantitative estimate of drug-likeness (QED) is 0.282. The number of hydrogen-bond donors (Lipinski definition) is 0. The Bertz CT molecular complexity index is 1760. The highest BCUT2D eigenvalue weighted by atomic mass is 14.7. The lowest BCUT2D eigenvalue weighted by Gasteiger charge is -2.61. The molecule has 7 saturated carbocycles. The summed E-state index contributed by atoms with van der Waals surface area (Å²) in [5, 5.41) is 0. The van der Waals surface area contributed by atoms with Crippen molar-refractivity contribution < 1.29 is 0 Å². The molecule has 19 atom stereocenters. The van der Waals surface area contributed by atoms with Gasteiger partial charge in [0.25, 0.3) is 0 Å². The smallest absolute Gasteiger partial charge is 0.00939 e. The Morgan fingerprint density at radius 1 is 0.442 bits per heavy atom. The van der Waals surface area contributed by atoms with Crippen molar-refractivity contribution in [1.29, 1.82) is 0 Å². The summed E-state index contributed by atoms with van der Waals surface area (Å²) in [6, 6.07) is 24.9. The van der Waals surface area contributed by atoms with Gasteiger partial charge in [0, 0.05) is 0 Å². The molecule has 19 unspecified atom stereocenters. The monoisotopic (exact) mass is 686 g/mol. The lowest BCUT2D eigenvalue weighted by atomic mass is 9.43. The van der Waals surface area contributed by atoms with Gasteiger partial charge in [0.05, 0.1) is 0 Å². The molecule has 12 rings (SSSR count). The molecular formula is C52H62. The van der Waals surface area contributed by atoms with Crippen LogP contribution in [0.2, 0.25) is 0 Å². The number of hydrogen-bond acceptors (Lipinski definition) is 0. The van der Waals surface area contributed by atoms with Crippen molar-refractivity contribution in [3.05, 3.63) is 120 Å². The summed E-state index contributed by atoms with van der Waals surface area (Å²) in [6.07, 6.45) is 36.9. The minimum Gasteiger partial charge on any atom is -0.0882 e. The third kappa shape index (κ3) is 4.51. The maximum absolute atomic E-state index is 2.80. The molecule has 2 aromatic carbocycles. The van der Waals surface area contributed by atoms with Crippen molar-refractivity contribution in [2.45, 2.75) is 95.3 Å². The second-order valence-corrected chi connectivity index (χ2v) is 20.2. The Hall–Kier alpha value is -2.60. The van der Waals surface area contributed by atoms with Gasteiger partial charge >= 0.3 is 0 Å². The van der Waals surface area contributed by atoms with Crippen LogP contribution in [0.4, 0.5) is 0 Å². The molecule has 10 aliphatic carbocycles. The van der Waals surface area contributed by atoms with E-state index in [2.05, 4.69) is 103 Å². The molecule has 0 N–H and O–H groups in total. The van der Waals surface area contributed by atoms with Crippen LogP contribution in [0, 0.1) is 101 Å². The molecule has 0 aliphatic heterocycles. The van der Waals surface area contributed by atoms with Crippen molar-refractivity contribution >= 4 is 0 Å². The summed E-state index contributed by atoms with van der Waals surface area (Å²) in [5.41, 5.74) is 5.34. The van der Waals surface area contributed by atoms with E-state index in [4.69, 9.17) is 0 Å². The molecular weight excluding hydrogens is 625 g/mol. The first-order valence-electron chi connectivity index (χ1n) is 22.6. The molecule has 0 amide bonds. The summed E-state index contributed by atoms with van der Waals surface area (Å²) in [4.78, 5) is 0. The van der Waals surface area contributed by atoms with E-state index in [1.54, 1.807) is 11.1 Å². The van der Waals surface area contributed by atoms with E-state index in [1.165, 1.54) is 83.5 Å². The number of benzene rings is 2. The van der Waals surface area contributed by atoms with Crippen LogP contribution in [-0.4, -0.2) is 0 Å². The van der Waals surface area contributed by atoms with Crippen LogP contribution in [0.3, 0.4) is 0 Å². The standard InChI is InChI=1S/C52H62/c1-4-15-31(16-5-1)36-27-28-41-50-43(29-34-21-10-11-22-35(34)48(36)50)52-46(33-19-8-3-9-20-33)49-40-26-14-25-39-37-23-12-13-24-38(37)42(47(39)40)30-44(49)45(51(41)52)32-17-6-2-7-18-32/h1-4,6-9,11-12,15,17-20,22-23,34-52H,5,10,13-14,16,21,24-30H2. The second-order valence-electron chi connectivity index (χ2n) is 20.2. The molecule has 0 aromatic heterocycles. The van der Waals surface area contributed by atoms with Crippen LogP contribution in [0.1, 0.15) is 106 Å². The summed E-state index contributed by atoms with van der Waals surface area (Å²) in [5.74, 6) is 16.7. The number of fused-ring (bicyclic) bond motifs is 10. The molecule has 0 bridgehead atoms. The first-order chi connectivity index (χ1) is 25.8. The Morgan fingerprint density at radius 3 is 1.98 bits per heavy atom. The fourth-order valence-corrected chi connectivity index (χ4v) is 18.2. The fourth-order valence-electron chi connectivity index (χ4n) is 18.2. The average molecular weight is 687 g/mol. The first-order valence-corrected chi connectivity index (χ1v) is 22.6. The predicted molar refractivity (Wildman–Crippen MR) is 213 cm³/mol. The van der Waals surface area contributed by atoms with Gasteiger partial charge in [-0.1, -0.05) is 115 Å². The van der Waals surface area contributed by atoms with E-state index < -0.39 is 0 Å². The van der Waals surface area contributed by atoms with Crippen LogP contribution in [-0.2, 0) is 0 Å². The highest BCUT2D eigenvalue weighted by Crippen LogP contribution is 2.77. The largest absolute Gasteiger partial charge is 0.0882 e.